The Bertz CT molecular complexity index is 409. The van der Waals surface area contributed by atoms with Crippen LogP contribution in [0.5, 0.6) is 0 Å². The molecule has 2 N–H and O–H groups in total. The minimum Gasteiger partial charge on any atom is -0.392 e. The van der Waals surface area contributed by atoms with E-state index in [1.807, 2.05) is 4.90 Å². The van der Waals surface area contributed by atoms with E-state index < -0.39 is 5.41 Å². The number of piperazine rings is 1. The van der Waals surface area contributed by atoms with Crippen molar-refractivity contribution in [2.45, 2.75) is 31.7 Å². The molecule has 1 atom stereocenters. The first-order valence-electron chi connectivity index (χ1n) is 7.54. The van der Waals surface area contributed by atoms with Gasteiger partial charge >= 0.3 is 0 Å². The van der Waals surface area contributed by atoms with Crippen LogP contribution >= 0.6 is 12.2 Å². The second-order valence-electron chi connectivity index (χ2n) is 6.14. The van der Waals surface area contributed by atoms with Gasteiger partial charge in [-0.2, -0.15) is 0 Å². The highest BCUT2D eigenvalue weighted by Crippen LogP contribution is 2.34. The van der Waals surface area contributed by atoms with Gasteiger partial charge in [-0.25, -0.2) is 0 Å². The van der Waals surface area contributed by atoms with Crippen LogP contribution < -0.4 is 5.73 Å². The molecule has 3 saturated heterocycles. The van der Waals surface area contributed by atoms with E-state index in [9.17, 15) is 4.79 Å². The summed E-state index contributed by atoms with van der Waals surface area (Å²) in [7, 11) is 0. The zero-order chi connectivity index (χ0) is 14.2. The van der Waals surface area contributed by atoms with Gasteiger partial charge in [0.2, 0.25) is 5.91 Å². The predicted molar refractivity (Wildman–Crippen MR) is 80.4 cm³/mol. The molecule has 1 unspecified atom stereocenters. The molecule has 3 rings (SSSR count). The van der Waals surface area contributed by atoms with Crippen LogP contribution in [0.1, 0.15) is 25.7 Å². The first-order valence-corrected chi connectivity index (χ1v) is 7.95. The molecule has 0 aliphatic carbocycles. The van der Waals surface area contributed by atoms with Crippen molar-refractivity contribution in [3.8, 4) is 0 Å². The molecule has 3 aliphatic rings. The van der Waals surface area contributed by atoms with Crippen molar-refractivity contribution in [2.24, 2.45) is 11.1 Å². The molecule has 0 saturated carbocycles. The van der Waals surface area contributed by atoms with Crippen LogP contribution in [0.15, 0.2) is 0 Å². The van der Waals surface area contributed by atoms with Gasteiger partial charge in [0, 0.05) is 38.9 Å². The highest BCUT2D eigenvalue weighted by Gasteiger charge is 2.46. The molecule has 3 heterocycles. The van der Waals surface area contributed by atoms with Crippen LogP contribution in [0.25, 0.3) is 0 Å². The lowest BCUT2D eigenvalue weighted by molar-refractivity contribution is -0.145. The molecule has 1 amide bonds. The van der Waals surface area contributed by atoms with Crippen molar-refractivity contribution in [3.05, 3.63) is 0 Å². The summed E-state index contributed by atoms with van der Waals surface area (Å²) in [5.74, 6) is 0.139. The molecule has 112 valence electrons. The molecule has 3 fully saturated rings. The Kier molecular flexibility index (Phi) is 3.97. The summed E-state index contributed by atoms with van der Waals surface area (Å²) in [6, 6.07) is 0.538. The zero-order valence-corrected chi connectivity index (χ0v) is 12.7. The van der Waals surface area contributed by atoms with Crippen LogP contribution in [-0.2, 0) is 9.53 Å². The van der Waals surface area contributed by atoms with Gasteiger partial charge in [-0.3, -0.25) is 9.69 Å². The van der Waals surface area contributed by atoms with Crippen LogP contribution in [0.4, 0.5) is 0 Å². The Labute approximate surface area is 125 Å². The fourth-order valence-electron chi connectivity index (χ4n) is 3.76. The van der Waals surface area contributed by atoms with E-state index in [1.54, 1.807) is 0 Å². The number of hydrogen-bond acceptors (Lipinski definition) is 4. The molecule has 5 nitrogen and oxygen atoms in total. The number of ether oxygens (including phenoxy) is 1. The molecule has 6 heteroatoms. The van der Waals surface area contributed by atoms with Gasteiger partial charge in [0.15, 0.2) is 0 Å². The molecular weight excluding hydrogens is 274 g/mol. The lowest BCUT2D eigenvalue weighted by Crippen LogP contribution is -2.59. The summed E-state index contributed by atoms with van der Waals surface area (Å²) >= 11 is 5.23. The van der Waals surface area contributed by atoms with E-state index in [2.05, 4.69) is 4.90 Å². The van der Waals surface area contributed by atoms with Crippen molar-refractivity contribution in [1.29, 1.82) is 0 Å². The maximum absolute atomic E-state index is 13.0. The van der Waals surface area contributed by atoms with Gasteiger partial charge in [0.05, 0.1) is 4.99 Å². The van der Waals surface area contributed by atoms with E-state index >= 15 is 0 Å². The lowest BCUT2D eigenvalue weighted by Gasteiger charge is -2.43. The monoisotopic (exact) mass is 297 g/mol. The number of amides is 1. The van der Waals surface area contributed by atoms with E-state index in [0.29, 0.717) is 37.1 Å². The number of rotatable bonds is 2. The molecule has 0 aromatic rings. The van der Waals surface area contributed by atoms with Gasteiger partial charge in [-0.15, -0.1) is 0 Å². The summed E-state index contributed by atoms with van der Waals surface area (Å²) in [5.41, 5.74) is 5.28. The molecule has 0 aromatic heterocycles. The molecule has 0 spiro atoms. The summed E-state index contributed by atoms with van der Waals surface area (Å²) in [5, 5.41) is 0. The Morgan fingerprint density at radius 2 is 2.00 bits per heavy atom. The normalized spacial score (nSPS) is 30.0. The first-order chi connectivity index (χ1) is 9.63. The smallest absolute Gasteiger partial charge is 0.235 e. The number of nitrogens with zero attached hydrogens (tertiary/aromatic N) is 2. The average molecular weight is 297 g/mol. The largest absolute Gasteiger partial charge is 0.392 e. The quantitative estimate of drug-likeness (QED) is 0.747. The van der Waals surface area contributed by atoms with E-state index in [-0.39, 0.29) is 5.91 Å². The molecule has 0 radical (unpaired) electrons. The van der Waals surface area contributed by atoms with Crippen LogP contribution in [0, 0.1) is 5.41 Å². The fraction of sp³-hybridized carbons (Fsp3) is 0.857. The Balaban J connectivity index is 1.74. The molecule has 20 heavy (non-hydrogen) atoms. The summed E-state index contributed by atoms with van der Waals surface area (Å²) < 4.78 is 5.39. The standard InChI is InChI=1S/C14H23N3O2S/c15-12(20)14(3-8-19-9-4-14)13(18)17-7-6-16-5-1-2-11(16)10-17/h11H,1-10H2,(H2,15,20). The maximum atomic E-state index is 13.0. The topological polar surface area (TPSA) is 58.8 Å². The average Bonchev–Trinajstić information content (AvgIpc) is 2.94. The van der Waals surface area contributed by atoms with Crippen molar-refractivity contribution < 1.29 is 9.53 Å². The van der Waals surface area contributed by atoms with Crippen molar-refractivity contribution >= 4 is 23.1 Å². The van der Waals surface area contributed by atoms with Gasteiger partial charge in [0.25, 0.3) is 0 Å². The van der Waals surface area contributed by atoms with E-state index in [0.717, 1.165) is 19.6 Å². The molecule has 0 aromatic carbocycles. The Morgan fingerprint density at radius 3 is 2.70 bits per heavy atom. The Morgan fingerprint density at radius 1 is 1.25 bits per heavy atom. The zero-order valence-electron chi connectivity index (χ0n) is 11.8. The third kappa shape index (κ3) is 2.34. The van der Waals surface area contributed by atoms with Crippen LogP contribution in [0.2, 0.25) is 0 Å². The van der Waals surface area contributed by atoms with Crippen molar-refractivity contribution in [3.63, 3.8) is 0 Å². The highest BCUT2D eigenvalue weighted by atomic mass is 32.1. The van der Waals surface area contributed by atoms with Crippen molar-refractivity contribution in [2.75, 3.05) is 39.4 Å². The number of carbonyl (C=O) groups excluding carboxylic acids is 1. The molecular formula is C14H23N3O2S. The molecule has 3 aliphatic heterocycles. The highest BCUT2D eigenvalue weighted by molar-refractivity contribution is 7.80. The van der Waals surface area contributed by atoms with Gasteiger partial charge in [0.1, 0.15) is 5.41 Å². The SMILES string of the molecule is NC(=S)C1(C(=O)N2CCN3CCCC3C2)CCOCC1. The second kappa shape index (κ2) is 5.58. The third-order valence-electron chi connectivity index (χ3n) is 5.10. The minimum absolute atomic E-state index is 0.139. The third-order valence-corrected chi connectivity index (χ3v) is 5.49. The number of carbonyl (C=O) groups is 1. The number of fused-ring (bicyclic) bond motifs is 1. The first kappa shape index (κ1) is 14.2. The number of thiocarbonyl (C=S) groups is 1. The number of hydrogen-bond donors (Lipinski definition) is 1. The van der Waals surface area contributed by atoms with Crippen molar-refractivity contribution in [1.82, 2.24) is 9.80 Å². The molecule has 0 bridgehead atoms. The lowest BCUT2D eigenvalue weighted by atomic mass is 9.78. The second-order valence-corrected chi connectivity index (χ2v) is 6.58. The predicted octanol–water partition coefficient (Wildman–Crippen LogP) is 0.376. The maximum Gasteiger partial charge on any atom is 0.235 e. The summed E-state index contributed by atoms with van der Waals surface area (Å²) in [4.78, 5) is 17.8. The Hall–Kier alpha value is -0.720. The van der Waals surface area contributed by atoms with Gasteiger partial charge < -0.3 is 15.4 Å². The van der Waals surface area contributed by atoms with E-state index in [1.165, 1.54) is 19.4 Å². The minimum atomic E-state index is -0.658. The van der Waals surface area contributed by atoms with Gasteiger partial charge in [-0.05, 0) is 32.2 Å². The summed E-state index contributed by atoms with van der Waals surface area (Å²) in [6.07, 6.45) is 3.71. The van der Waals surface area contributed by atoms with Crippen LogP contribution in [-0.4, -0.2) is 66.1 Å². The van der Waals surface area contributed by atoms with E-state index in [4.69, 9.17) is 22.7 Å². The number of nitrogens with two attached hydrogens (primary N) is 1. The summed E-state index contributed by atoms with van der Waals surface area (Å²) in [6.45, 7) is 4.96. The van der Waals surface area contributed by atoms with Crippen LogP contribution in [0.3, 0.4) is 0 Å². The fourth-order valence-corrected chi connectivity index (χ4v) is 4.06. The van der Waals surface area contributed by atoms with Gasteiger partial charge in [-0.1, -0.05) is 12.2 Å².